The van der Waals surface area contributed by atoms with Crippen molar-refractivity contribution < 1.29 is 14.3 Å². The van der Waals surface area contributed by atoms with Gasteiger partial charge in [0.25, 0.3) is 5.91 Å². The minimum absolute atomic E-state index is 0.0725. The van der Waals surface area contributed by atoms with Gasteiger partial charge in [-0.15, -0.1) is 0 Å². The molecule has 2 amide bonds. The second-order valence-corrected chi connectivity index (χ2v) is 10.3. The van der Waals surface area contributed by atoms with Gasteiger partial charge in [-0.25, -0.2) is 0 Å². The second kappa shape index (κ2) is 6.41. The number of benzene rings is 1. The monoisotopic (exact) mass is 440 g/mol. The number of methoxy groups -OCH3 is 1. The van der Waals surface area contributed by atoms with Gasteiger partial charge in [0.15, 0.2) is 0 Å². The van der Waals surface area contributed by atoms with Crippen molar-refractivity contribution in [1.82, 2.24) is 10.9 Å². The Morgan fingerprint density at radius 1 is 1.19 bits per heavy atom. The molecule has 5 nitrogen and oxygen atoms in total. The Morgan fingerprint density at radius 2 is 1.88 bits per heavy atom. The lowest BCUT2D eigenvalue weighted by Crippen LogP contribution is -2.60. The van der Waals surface area contributed by atoms with Crippen molar-refractivity contribution in [3.05, 3.63) is 28.8 Å². The average Bonchev–Trinajstić information content (AvgIpc) is 2.57. The highest BCUT2D eigenvalue weighted by molar-refractivity contribution is 9.10. The normalized spacial score (nSPS) is 34.4. The van der Waals surface area contributed by atoms with Gasteiger partial charge in [0.1, 0.15) is 5.75 Å². The fourth-order valence-corrected chi connectivity index (χ4v) is 7.20. The molecule has 2 N–H and O–H groups in total. The summed E-state index contributed by atoms with van der Waals surface area (Å²) in [7, 11) is 1.48. The highest BCUT2D eigenvalue weighted by atomic mass is 79.9. The predicted molar refractivity (Wildman–Crippen MR) is 102 cm³/mol. The van der Waals surface area contributed by atoms with Gasteiger partial charge in [-0.3, -0.25) is 20.4 Å². The van der Waals surface area contributed by atoms with Crippen LogP contribution in [0.3, 0.4) is 0 Å². The molecule has 0 aliphatic heterocycles. The molecule has 4 aliphatic rings. The number of carbonyl (C=O) groups is 2. The first-order chi connectivity index (χ1) is 12.3. The summed E-state index contributed by atoms with van der Waals surface area (Å²) in [6.45, 7) is 0. The van der Waals surface area contributed by atoms with E-state index in [0.717, 1.165) is 32.1 Å². The van der Waals surface area contributed by atoms with Crippen LogP contribution in [0.1, 0.15) is 48.9 Å². The Labute approximate surface area is 166 Å². The van der Waals surface area contributed by atoms with E-state index >= 15 is 0 Å². The number of hydrazine groups is 1. The van der Waals surface area contributed by atoms with E-state index in [0.29, 0.717) is 28.2 Å². The smallest absolute Gasteiger partial charge is 0.273 e. The zero-order chi connectivity index (χ0) is 18.5. The SMILES string of the molecule is COc1cc(Cl)ccc1C(=O)NNC(=O)C12CC3CC(CC(Br)(C3)C1)C2. The average molecular weight is 442 g/mol. The van der Waals surface area contributed by atoms with Crippen LogP contribution in [-0.4, -0.2) is 23.2 Å². The zero-order valence-electron chi connectivity index (χ0n) is 14.6. The van der Waals surface area contributed by atoms with Crippen LogP contribution in [0.2, 0.25) is 5.02 Å². The maximum atomic E-state index is 13.0. The van der Waals surface area contributed by atoms with Crippen molar-refractivity contribution >= 4 is 39.3 Å². The van der Waals surface area contributed by atoms with Crippen LogP contribution in [0, 0.1) is 17.3 Å². The van der Waals surface area contributed by atoms with E-state index < -0.39 is 5.91 Å². The molecule has 5 rings (SSSR count). The third-order valence-electron chi connectivity index (χ3n) is 6.17. The molecule has 4 aliphatic carbocycles. The number of rotatable bonds is 3. The highest BCUT2D eigenvalue weighted by Crippen LogP contribution is 2.64. The fourth-order valence-electron chi connectivity index (χ4n) is 5.58. The summed E-state index contributed by atoms with van der Waals surface area (Å²) >= 11 is 9.84. The van der Waals surface area contributed by atoms with Gasteiger partial charge in [0.05, 0.1) is 18.1 Å². The number of halogens is 2. The third-order valence-corrected chi connectivity index (χ3v) is 7.33. The maximum absolute atomic E-state index is 13.0. The first-order valence-corrected chi connectivity index (χ1v) is 10.1. The molecule has 2 atom stereocenters. The van der Waals surface area contributed by atoms with Gasteiger partial charge in [-0.1, -0.05) is 27.5 Å². The third kappa shape index (κ3) is 3.11. The number of carbonyl (C=O) groups excluding carboxylic acids is 2. The van der Waals surface area contributed by atoms with Crippen LogP contribution < -0.4 is 15.6 Å². The number of nitrogens with one attached hydrogen (secondary N) is 2. The molecule has 0 heterocycles. The lowest BCUT2D eigenvalue weighted by Gasteiger charge is -2.59. The fraction of sp³-hybridized carbons (Fsp3) is 0.579. The van der Waals surface area contributed by atoms with Gasteiger partial charge < -0.3 is 4.74 Å². The molecule has 1 aromatic rings. The first kappa shape index (κ1) is 18.1. The van der Waals surface area contributed by atoms with Crippen LogP contribution in [0.5, 0.6) is 5.75 Å². The molecule has 7 heteroatoms. The molecule has 4 bridgehead atoms. The van der Waals surface area contributed by atoms with Gasteiger partial charge in [0.2, 0.25) is 5.91 Å². The minimum Gasteiger partial charge on any atom is -0.496 e. The number of hydrogen-bond acceptors (Lipinski definition) is 3. The van der Waals surface area contributed by atoms with Crippen LogP contribution in [0.15, 0.2) is 18.2 Å². The Morgan fingerprint density at radius 3 is 2.50 bits per heavy atom. The highest BCUT2D eigenvalue weighted by Gasteiger charge is 2.59. The van der Waals surface area contributed by atoms with Gasteiger partial charge >= 0.3 is 0 Å². The molecular formula is C19H22BrClN2O3. The summed E-state index contributed by atoms with van der Waals surface area (Å²) < 4.78 is 5.30. The van der Waals surface area contributed by atoms with Crippen molar-refractivity contribution in [2.24, 2.45) is 17.3 Å². The number of alkyl halides is 1. The summed E-state index contributed by atoms with van der Waals surface area (Å²) in [6, 6.07) is 4.78. The van der Waals surface area contributed by atoms with Crippen molar-refractivity contribution in [2.75, 3.05) is 7.11 Å². The van der Waals surface area contributed by atoms with Crippen LogP contribution in [-0.2, 0) is 4.79 Å². The largest absolute Gasteiger partial charge is 0.496 e. The van der Waals surface area contributed by atoms with E-state index in [1.807, 2.05) is 0 Å². The zero-order valence-corrected chi connectivity index (χ0v) is 17.0. The van der Waals surface area contributed by atoms with Gasteiger partial charge in [0, 0.05) is 9.35 Å². The molecule has 2 unspecified atom stereocenters. The van der Waals surface area contributed by atoms with Crippen LogP contribution >= 0.6 is 27.5 Å². The van der Waals surface area contributed by atoms with Crippen LogP contribution in [0.25, 0.3) is 0 Å². The Kier molecular flexibility index (Phi) is 4.47. The van der Waals surface area contributed by atoms with E-state index in [1.54, 1.807) is 18.2 Å². The molecule has 0 aromatic heterocycles. The lowest BCUT2D eigenvalue weighted by molar-refractivity contribution is -0.144. The van der Waals surface area contributed by atoms with Crippen molar-refractivity contribution in [1.29, 1.82) is 0 Å². The quantitative estimate of drug-likeness (QED) is 0.553. The standard InChI is InChI=1S/C19H22BrClN2O3/c1-26-15-5-13(21)2-3-14(15)16(24)22-23-17(25)18-6-11-4-12(7-18)9-19(20,8-11)10-18/h2-3,5,11-12H,4,6-10H2,1H3,(H,22,24)(H,23,25). The molecule has 0 radical (unpaired) electrons. The van der Waals surface area contributed by atoms with Crippen LogP contribution in [0.4, 0.5) is 0 Å². The topological polar surface area (TPSA) is 67.4 Å². The van der Waals surface area contributed by atoms with Crippen molar-refractivity contribution in [3.63, 3.8) is 0 Å². The van der Waals surface area contributed by atoms with E-state index in [2.05, 4.69) is 26.8 Å². The summed E-state index contributed by atoms with van der Waals surface area (Å²) in [5.41, 5.74) is 5.19. The number of ether oxygens (including phenoxy) is 1. The second-order valence-electron chi connectivity index (χ2n) is 8.15. The Bertz CT molecular complexity index is 755. The van der Waals surface area contributed by atoms with E-state index in [4.69, 9.17) is 16.3 Å². The maximum Gasteiger partial charge on any atom is 0.273 e. The number of amides is 2. The van der Waals surface area contributed by atoms with Crippen molar-refractivity contribution in [2.45, 2.75) is 42.8 Å². The number of hydrogen-bond donors (Lipinski definition) is 2. The molecule has 140 valence electrons. The first-order valence-electron chi connectivity index (χ1n) is 8.96. The summed E-state index contributed by atoms with van der Waals surface area (Å²) in [6.07, 6.45) is 6.24. The molecule has 1 aromatic carbocycles. The molecule has 26 heavy (non-hydrogen) atoms. The molecule has 0 spiro atoms. The molecule has 0 saturated heterocycles. The van der Waals surface area contributed by atoms with E-state index in [1.165, 1.54) is 13.5 Å². The Balaban J connectivity index is 1.45. The molecular weight excluding hydrogens is 420 g/mol. The van der Waals surface area contributed by atoms with Gasteiger partial charge in [-0.05, 0) is 68.6 Å². The van der Waals surface area contributed by atoms with Gasteiger partial charge in [-0.2, -0.15) is 0 Å². The Hall–Kier alpha value is -1.27. The summed E-state index contributed by atoms with van der Waals surface area (Å²) in [5.74, 6) is 1.10. The van der Waals surface area contributed by atoms with E-state index in [-0.39, 0.29) is 15.6 Å². The lowest BCUT2D eigenvalue weighted by atomic mass is 9.49. The molecule has 4 fully saturated rings. The van der Waals surface area contributed by atoms with E-state index in [9.17, 15) is 9.59 Å². The predicted octanol–water partition coefficient (Wildman–Crippen LogP) is 3.84. The van der Waals surface area contributed by atoms with Crippen molar-refractivity contribution in [3.8, 4) is 5.75 Å². The summed E-state index contributed by atoms with van der Waals surface area (Å²) in [4.78, 5) is 25.5. The minimum atomic E-state index is -0.412. The molecule has 4 saturated carbocycles. The summed E-state index contributed by atoms with van der Waals surface area (Å²) in [5, 5.41) is 0.485.